The quantitative estimate of drug-likeness (QED) is 0.814. The van der Waals surface area contributed by atoms with Gasteiger partial charge in [-0.2, -0.15) is 0 Å². The van der Waals surface area contributed by atoms with Crippen LogP contribution >= 0.6 is 0 Å². The molecule has 0 aromatic heterocycles. The van der Waals surface area contributed by atoms with E-state index in [0.29, 0.717) is 6.42 Å². The molecule has 2 heterocycles. The Balaban J connectivity index is 2.14. The largest absolute Gasteiger partial charge is 0.504 e. The highest BCUT2D eigenvalue weighted by atomic mass is 16.7. The van der Waals surface area contributed by atoms with Crippen molar-refractivity contribution in [2.75, 3.05) is 14.2 Å². The van der Waals surface area contributed by atoms with E-state index in [9.17, 15) is 15.0 Å². The third-order valence-corrected chi connectivity index (χ3v) is 4.35. The van der Waals surface area contributed by atoms with Gasteiger partial charge in [-0.1, -0.05) is 13.3 Å². The van der Waals surface area contributed by atoms with Crippen molar-refractivity contribution in [3.8, 4) is 17.2 Å². The number of esters is 1. The van der Waals surface area contributed by atoms with Gasteiger partial charge in [-0.25, -0.2) is 4.79 Å². The van der Waals surface area contributed by atoms with Gasteiger partial charge in [0.2, 0.25) is 5.75 Å². The van der Waals surface area contributed by atoms with Gasteiger partial charge in [0.25, 0.3) is 5.79 Å². The predicted octanol–water partition coefficient (Wildman–Crippen LogP) is 1.68. The highest BCUT2D eigenvalue weighted by molar-refractivity contribution is 5.99. The van der Waals surface area contributed by atoms with Gasteiger partial charge < -0.3 is 29.2 Å². The van der Waals surface area contributed by atoms with Gasteiger partial charge in [0.05, 0.1) is 20.3 Å². The normalized spacial score (nSPS) is 28.8. The lowest BCUT2D eigenvalue weighted by molar-refractivity contribution is -0.228. The first kappa shape index (κ1) is 15.9. The Hall–Kier alpha value is -1.99. The van der Waals surface area contributed by atoms with Crippen LogP contribution in [-0.4, -0.2) is 42.6 Å². The summed E-state index contributed by atoms with van der Waals surface area (Å²) in [6, 6.07) is 1.51. The van der Waals surface area contributed by atoms with E-state index in [1.54, 1.807) is 0 Å². The molecule has 1 fully saturated rings. The maximum absolute atomic E-state index is 12.3. The Bertz CT molecular complexity index is 642. The second-order valence-electron chi connectivity index (χ2n) is 5.72. The molecule has 7 nitrogen and oxygen atoms in total. The molecule has 0 amide bonds. The molecule has 1 spiro atoms. The lowest BCUT2D eigenvalue weighted by atomic mass is 9.95. The summed E-state index contributed by atoms with van der Waals surface area (Å²) in [5.74, 6) is -2.45. The SMILES string of the molecule is CCC[C@H]1C[C@H](O)[C@]2(OC(=O)c3c2cc(OC)c(OC)c3O)O1. The molecule has 2 aliphatic rings. The average Bonchev–Trinajstić information content (AvgIpc) is 2.97. The molecule has 126 valence electrons. The van der Waals surface area contributed by atoms with Gasteiger partial charge in [-0.15, -0.1) is 0 Å². The lowest BCUT2D eigenvalue weighted by Gasteiger charge is -2.27. The number of aromatic hydroxyl groups is 1. The Morgan fingerprint density at radius 2 is 2.13 bits per heavy atom. The number of aliphatic hydroxyl groups excluding tert-OH is 1. The number of benzene rings is 1. The summed E-state index contributed by atoms with van der Waals surface area (Å²) in [6.07, 6.45) is 0.747. The van der Waals surface area contributed by atoms with E-state index in [0.717, 1.165) is 12.8 Å². The standard InChI is InChI=1S/C16H20O7/c1-4-5-8-6-11(17)16(22-8)9-7-10(20-2)14(21-3)13(18)12(9)15(19)23-16/h7-8,11,17-18H,4-6H2,1-3H3/t8-,11-,16-/m0/s1. The van der Waals surface area contributed by atoms with Crippen molar-refractivity contribution in [3.05, 3.63) is 17.2 Å². The molecule has 23 heavy (non-hydrogen) atoms. The fraction of sp³-hybridized carbons (Fsp3) is 0.562. The summed E-state index contributed by atoms with van der Waals surface area (Å²) in [4.78, 5) is 12.3. The molecule has 0 radical (unpaired) electrons. The van der Waals surface area contributed by atoms with E-state index in [4.69, 9.17) is 18.9 Å². The molecule has 1 aromatic rings. The molecule has 1 saturated heterocycles. The van der Waals surface area contributed by atoms with Crippen molar-refractivity contribution < 1.29 is 34.0 Å². The number of carbonyl (C=O) groups is 1. The molecule has 3 atom stereocenters. The van der Waals surface area contributed by atoms with Crippen molar-refractivity contribution in [2.45, 2.75) is 44.2 Å². The van der Waals surface area contributed by atoms with Crippen LogP contribution in [-0.2, 0) is 15.3 Å². The summed E-state index contributed by atoms with van der Waals surface area (Å²) in [7, 11) is 2.78. The van der Waals surface area contributed by atoms with Crippen LogP contribution in [0.2, 0.25) is 0 Å². The molecule has 2 aliphatic heterocycles. The molecule has 2 N–H and O–H groups in total. The van der Waals surface area contributed by atoms with Crippen molar-refractivity contribution >= 4 is 5.97 Å². The topological polar surface area (TPSA) is 94.5 Å². The van der Waals surface area contributed by atoms with E-state index >= 15 is 0 Å². The molecular weight excluding hydrogens is 304 g/mol. The summed E-state index contributed by atoms with van der Waals surface area (Å²) >= 11 is 0. The van der Waals surface area contributed by atoms with E-state index in [2.05, 4.69) is 0 Å². The van der Waals surface area contributed by atoms with Crippen molar-refractivity contribution in [1.82, 2.24) is 0 Å². The van der Waals surface area contributed by atoms with Crippen LogP contribution in [0.1, 0.15) is 42.1 Å². The van der Waals surface area contributed by atoms with Crippen LogP contribution in [0.4, 0.5) is 0 Å². The fourth-order valence-electron chi connectivity index (χ4n) is 3.31. The smallest absolute Gasteiger partial charge is 0.345 e. The number of hydrogen-bond donors (Lipinski definition) is 2. The molecule has 7 heteroatoms. The average molecular weight is 324 g/mol. The summed E-state index contributed by atoms with van der Waals surface area (Å²) in [5, 5.41) is 20.8. The second kappa shape index (κ2) is 5.58. The molecule has 0 unspecified atom stereocenters. The summed E-state index contributed by atoms with van der Waals surface area (Å²) in [6.45, 7) is 2.01. The first-order valence-corrected chi connectivity index (χ1v) is 7.56. The zero-order chi connectivity index (χ0) is 16.8. The number of methoxy groups -OCH3 is 2. The number of hydrogen-bond acceptors (Lipinski definition) is 7. The molecule has 0 saturated carbocycles. The first-order valence-electron chi connectivity index (χ1n) is 7.56. The minimum Gasteiger partial charge on any atom is -0.504 e. The summed E-state index contributed by atoms with van der Waals surface area (Å²) < 4.78 is 21.5. The van der Waals surface area contributed by atoms with Crippen LogP contribution in [0.5, 0.6) is 17.2 Å². The van der Waals surface area contributed by atoms with E-state index in [1.165, 1.54) is 20.3 Å². The number of phenols is 1. The third-order valence-electron chi connectivity index (χ3n) is 4.35. The number of aliphatic hydroxyl groups is 1. The van der Waals surface area contributed by atoms with Crippen molar-refractivity contribution in [2.24, 2.45) is 0 Å². The van der Waals surface area contributed by atoms with Crippen LogP contribution in [0.25, 0.3) is 0 Å². The Morgan fingerprint density at radius 1 is 1.39 bits per heavy atom. The van der Waals surface area contributed by atoms with Gasteiger partial charge in [-0.3, -0.25) is 0 Å². The van der Waals surface area contributed by atoms with Crippen LogP contribution in [0.3, 0.4) is 0 Å². The Kier molecular flexibility index (Phi) is 3.85. The van der Waals surface area contributed by atoms with Crippen LogP contribution < -0.4 is 9.47 Å². The number of fused-ring (bicyclic) bond motifs is 2. The highest BCUT2D eigenvalue weighted by Gasteiger charge is 2.59. The minimum atomic E-state index is -1.59. The number of ether oxygens (including phenoxy) is 4. The van der Waals surface area contributed by atoms with Crippen LogP contribution in [0, 0.1) is 0 Å². The van der Waals surface area contributed by atoms with E-state index < -0.39 is 17.9 Å². The Labute approximate surface area is 133 Å². The monoisotopic (exact) mass is 324 g/mol. The predicted molar refractivity (Wildman–Crippen MR) is 78.7 cm³/mol. The number of carbonyl (C=O) groups excluding carboxylic acids is 1. The highest BCUT2D eigenvalue weighted by Crippen LogP contribution is 2.53. The van der Waals surface area contributed by atoms with Crippen molar-refractivity contribution in [3.63, 3.8) is 0 Å². The van der Waals surface area contributed by atoms with E-state index in [-0.39, 0.29) is 34.5 Å². The van der Waals surface area contributed by atoms with Gasteiger partial charge in [0.15, 0.2) is 11.5 Å². The molecular formula is C16H20O7. The van der Waals surface area contributed by atoms with Gasteiger partial charge in [-0.05, 0) is 12.5 Å². The maximum atomic E-state index is 12.3. The zero-order valence-corrected chi connectivity index (χ0v) is 13.3. The zero-order valence-electron chi connectivity index (χ0n) is 13.3. The Morgan fingerprint density at radius 3 is 2.74 bits per heavy atom. The third kappa shape index (κ3) is 2.14. The molecule has 3 rings (SSSR count). The summed E-state index contributed by atoms with van der Waals surface area (Å²) in [5.41, 5.74) is 0.211. The second-order valence-corrected chi connectivity index (χ2v) is 5.72. The van der Waals surface area contributed by atoms with Crippen LogP contribution in [0.15, 0.2) is 6.07 Å². The number of rotatable bonds is 4. The van der Waals surface area contributed by atoms with Gasteiger partial charge in [0.1, 0.15) is 11.7 Å². The number of phenolic OH excluding ortho intramolecular Hbond substituents is 1. The van der Waals surface area contributed by atoms with E-state index in [1.807, 2.05) is 6.92 Å². The molecule has 0 bridgehead atoms. The maximum Gasteiger partial charge on any atom is 0.345 e. The van der Waals surface area contributed by atoms with Crippen molar-refractivity contribution in [1.29, 1.82) is 0 Å². The molecule has 0 aliphatic carbocycles. The lowest BCUT2D eigenvalue weighted by Crippen LogP contribution is -2.36. The van der Waals surface area contributed by atoms with Gasteiger partial charge in [0, 0.05) is 12.0 Å². The minimum absolute atomic E-state index is 0.0397. The first-order chi connectivity index (χ1) is 11.0. The van der Waals surface area contributed by atoms with Gasteiger partial charge >= 0.3 is 5.97 Å². The fourth-order valence-corrected chi connectivity index (χ4v) is 3.31. The molecule has 1 aromatic carbocycles.